The summed E-state index contributed by atoms with van der Waals surface area (Å²) >= 11 is 0. The number of carboxylic acid groups (broad SMARTS) is 1. The molecule has 0 radical (unpaired) electrons. The Bertz CT molecular complexity index is 2230. The van der Waals surface area contributed by atoms with Crippen LogP contribution in [0.2, 0.25) is 0 Å². The third kappa shape index (κ3) is 7.50. The summed E-state index contributed by atoms with van der Waals surface area (Å²) in [5.74, 6) is -0.263. The molecule has 0 aliphatic heterocycles. The third-order valence-electron chi connectivity index (χ3n) is 8.79. The van der Waals surface area contributed by atoms with Crippen LogP contribution in [-0.4, -0.2) is 23.0 Å². The average Bonchev–Trinajstić information content (AvgIpc) is 3.51. The van der Waals surface area contributed by atoms with Gasteiger partial charge < -0.3 is 20.2 Å². The Morgan fingerprint density at radius 2 is 1.18 bits per heavy atom. The zero-order valence-electron chi connectivity index (χ0n) is 27.4. The van der Waals surface area contributed by atoms with Crippen LogP contribution < -0.4 is 10.6 Å². The summed E-state index contributed by atoms with van der Waals surface area (Å²) in [5, 5.41) is 17.4. The number of fused-ring (bicyclic) bond motifs is 1. The first-order valence-electron chi connectivity index (χ1n) is 16.7. The number of carboxylic acids is 1. The van der Waals surface area contributed by atoms with Crippen molar-refractivity contribution in [1.82, 2.24) is 0 Å². The summed E-state index contributed by atoms with van der Waals surface area (Å²) in [7, 11) is 0. The number of para-hydroxylation sites is 1. The molecular formula is C44H36N2O4. The Labute approximate surface area is 291 Å². The maximum atomic E-state index is 13.3. The molecule has 0 aliphatic rings. The Morgan fingerprint density at radius 1 is 0.600 bits per heavy atom. The van der Waals surface area contributed by atoms with E-state index in [2.05, 4.69) is 53.1 Å². The molecule has 6 nitrogen and oxygen atoms in total. The summed E-state index contributed by atoms with van der Waals surface area (Å²) in [5.41, 5.74) is 8.81. The fraction of sp³-hybridized carbons (Fsp3) is 0.0909. The van der Waals surface area contributed by atoms with Crippen LogP contribution in [0.5, 0.6) is 0 Å². The van der Waals surface area contributed by atoms with E-state index >= 15 is 0 Å². The third-order valence-corrected chi connectivity index (χ3v) is 8.79. The normalized spacial score (nSPS) is 11.6. The van der Waals surface area contributed by atoms with Crippen molar-refractivity contribution in [3.63, 3.8) is 0 Å². The SMILES string of the molecule is O=C(Cc1ccccc1)Nc1cc(-c2ccc(-c3c(Cc4ccccc4)oc4ccccc34)cc2)ccc1NC(Cc1ccccc1)C(=O)O. The van der Waals surface area contributed by atoms with Crippen molar-refractivity contribution in [2.24, 2.45) is 0 Å². The first kappa shape index (κ1) is 32.2. The van der Waals surface area contributed by atoms with Gasteiger partial charge in [-0.3, -0.25) is 4.79 Å². The van der Waals surface area contributed by atoms with Gasteiger partial charge in [0.1, 0.15) is 17.4 Å². The number of carbonyl (C=O) groups is 2. The van der Waals surface area contributed by atoms with Gasteiger partial charge >= 0.3 is 5.97 Å². The molecule has 0 bridgehead atoms. The van der Waals surface area contributed by atoms with Gasteiger partial charge in [0.25, 0.3) is 0 Å². The van der Waals surface area contributed by atoms with Crippen LogP contribution in [-0.2, 0) is 28.9 Å². The van der Waals surface area contributed by atoms with Crippen molar-refractivity contribution in [1.29, 1.82) is 0 Å². The topological polar surface area (TPSA) is 91.6 Å². The minimum atomic E-state index is -0.978. The molecule has 246 valence electrons. The van der Waals surface area contributed by atoms with Gasteiger partial charge in [0, 0.05) is 23.8 Å². The minimum absolute atomic E-state index is 0.190. The standard InChI is InChI=1S/C44H36N2O4/c47-42(28-32-16-8-3-9-17-32)46-38-29-35(24-25-37(38)45-39(44(48)49)26-30-12-4-1-5-13-30)33-20-22-34(23-21-33)43-36-18-10-11-19-40(36)50-41(43)27-31-14-6-2-7-15-31/h1-25,29,39,45H,26-28H2,(H,46,47)(H,48,49). The van der Waals surface area contributed by atoms with Gasteiger partial charge in [0.05, 0.1) is 17.8 Å². The lowest BCUT2D eigenvalue weighted by atomic mass is 9.96. The lowest BCUT2D eigenvalue weighted by molar-refractivity contribution is -0.137. The van der Waals surface area contributed by atoms with Crippen LogP contribution in [0, 0.1) is 0 Å². The molecule has 1 amide bonds. The quantitative estimate of drug-likeness (QED) is 0.122. The molecule has 1 heterocycles. The summed E-state index contributed by atoms with van der Waals surface area (Å²) in [6, 6.07) is 50.5. The number of aliphatic carboxylic acids is 1. The smallest absolute Gasteiger partial charge is 0.326 e. The number of hydrogen-bond donors (Lipinski definition) is 3. The zero-order valence-corrected chi connectivity index (χ0v) is 27.4. The maximum absolute atomic E-state index is 13.3. The van der Waals surface area contributed by atoms with Gasteiger partial charge in [-0.1, -0.05) is 140 Å². The number of nitrogens with one attached hydrogen (secondary N) is 2. The molecule has 7 aromatic rings. The van der Waals surface area contributed by atoms with Gasteiger partial charge in [-0.05, 0) is 51.6 Å². The number of carbonyl (C=O) groups excluding carboxylic acids is 1. The van der Waals surface area contributed by atoms with Gasteiger partial charge in [-0.15, -0.1) is 0 Å². The van der Waals surface area contributed by atoms with E-state index in [0.717, 1.165) is 50.1 Å². The summed E-state index contributed by atoms with van der Waals surface area (Å²) in [4.78, 5) is 25.6. The highest BCUT2D eigenvalue weighted by Crippen LogP contribution is 2.38. The lowest BCUT2D eigenvalue weighted by Gasteiger charge is -2.20. The minimum Gasteiger partial charge on any atom is -0.480 e. The highest BCUT2D eigenvalue weighted by Gasteiger charge is 2.21. The van der Waals surface area contributed by atoms with Crippen LogP contribution in [0.1, 0.15) is 22.5 Å². The number of furan rings is 1. The molecule has 0 saturated carbocycles. The predicted octanol–water partition coefficient (Wildman–Crippen LogP) is 9.65. The van der Waals surface area contributed by atoms with Crippen molar-refractivity contribution >= 4 is 34.2 Å². The highest BCUT2D eigenvalue weighted by atomic mass is 16.4. The largest absolute Gasteiger partial charge is 0.480 e. The molecule has 1 aromatic heterocycles. The number of benzene rings is 6. The van der Waals surface area contributed by atoms with Crippen molar-refractivity contribution in [3.8, 4) is 22.3 Å². The second kappa shape index (κ2) is 14.8. The van der Waals surface area contributed by atoms with E-state index in [1.807, 2.05) is 115 Å². The predicted molar refractivity (Wildman–Crippen MR) is 200 cm³/mol. The first-order chi connectivity index (χ1) is 24.5. The van der Waals surface area contributed by atoms with Crippen LogP contribution >= 0.6 is 0 Å². The van der Waals surface area contributed by atoms with Crippen molar-refractivity contribution in [2.75, 3.05) is 10.6 Å². The Balaban J connectivity index is 1.20. The first-order valence-corrected chi connectivity index (χ1v) is 16.7. The molecular weight excluding hydrogens is 620 g/mol. The molecule has 50 heavy (non-hydrogen) atoms. The fourth-order valence-electron chi connectivity index (χ4n) is 6.31. The lowest BCUT2D eigenvalue weighted by Crippen LogP contribution is -2.32. The Kier molecular flexibility index (Phi) is 9.51. The van der Waals surface area contributed by atoms with Crippen molar-refractivity contribution in [3.05, 3.63) is 180 Å². The number of rotatable bonds is 12. The molecule has 0 saturated heterocycles. The van der Waals surface area contributed by atoms with Gasteiger partial charge in [0.15, 0.2) is 0 Å². The Hall–Kier alpha value is -6.40. The second-order valence-corrected chi connectivity index (χ2v) is 12.3. The van der Waals surface area contributed by atoms with Crippen LogP contribution in [0.4, 0.5) is 11.4 Å². The molecule has 6 aromatic carbocycles. The summed E-state index contributed by atoms with van der Waals surface area (Å²) < 4.78 is 6.38. The van der Waals surface area contributed by atoms with Crippen molar-refractivity contribution < 1.29 is 19.1 Å². The van der Waals surface area contributed by atoms with E-state index in [9.17, 15) is 14.7 Å². The molecule has 0 fully saturated rings. The van der Waals surface area contributed by atoms with Gasteiger partial charge in [-0.25, -0.2) is 4.79 Å². The molecule has 7 rings (SSSR count). The molecule has 6 heteroatoms. The highest BCUT2D eigenvalue weighted by molar-refractivity contribution is 5.98. The van der Waals surface area contributed by atoms with Crippen LogP contribution in [0.3, 0.4) is 0 Å². The van der Waals surface area contributed by atoms with Crippen molar-refractivity contribution in [2.45, 2.75) is 25.3 Å². The summed E-state index contributed by atoms with van der Waals surface area (Å²) in [6.07, 6.45) is 1.15. The van der Waals surface area contributed by atoms with E-state index in [0.29, 0.717) is 17.8 Å². The van der Waals surface area contributed by atoms with E-state index in [1.54, 1.807) is 0 Å². The van der Waals surface area contributed by atoms with Crippen LogP contribution in [0.15, 0.2) is 162 Å². The molecule has 1 atom stereocenters. The molecule has 0 aliphatic carbocycles. The molecule has 3 N–H and O–H groups in total. The maximum Gasteiger partial charge on any atom is 0.326 e. The summed E-state index contributed by atoms with van der Waals surface area (Å²) in [6.45, 7) is 0. The number of amides is 1. The monoisotopic (exact) mass is 656 g/mol. The fourth-order valence-corrected chi connectivity index (χ4v) is 6.31. The molecule has 0 spiro atoms. The van der Waals surface area contributed by atoms with Gasteiger partial charge in [-0.2, -0.15) is 0 Å². The van der Waals surface area contributed by atoms with E-state index in [1.165, 1.54) is 5.56 Å². The Morgan fingerprint density at radius 3 is 1.86 bits per heavy atom. The average molecular weight is 657 g/mol. The second-order valence-electron chi connectivity index (χ2n) is 12.3. The van der Waals surface area contributed by atoms with Gasteiger partial charge in [0.2, 0.25) is 5.91 Å². The zero-order chi connectivity index (χ0) is 34.3. The van der Waals surface area contributed by atoms with E-state index in [-0.39, 0.29) is 18.7 Å². The molecule has 1 unspecified atom stereocenters. The number of hydrogen-bond acceptors (Lipinski definition) is 4. The van der Waals surface area contributed by atoms with E-state index < -0.39 is 12.0 Å². The van der Waals surface area contributed by atoms with E-state index in [4.69, 9.17) is 4.42 Å². The van der Waals surface area contributed by atoms with Crippen LogP contribution in [0.25, 0.3) is 33.2 Å². The number of anilines is 2.